The number of methoxy groups -OCH3 is 1. The van der Waals surface area contributed by atoms with Crippen LogP contribution in [0.15, 0.2) is 66.7 Å². The van der Waals surface area contributed by atoms with Gasteiger partial charge in [-0.2, -0.15) is 5.26 Å². The Kier molecular flexibility index (Phi) is 5.19. The topological polar surface area (TPSA) is 88.4 Å². The molecule has 0 atom stereocenters. The molecular formula is C24H18N2O4. The van der Waals surface area contributed by atoms with E-state index in [-0.39, 0.29) is 29.3 Å². The Hall–Kier alpha value is -4.11. The lowest BCUT2D eigenvalue weighted by atomic mass is 9.98. The highest BCUT2D eigenvalue weighted by Crippen LogP contribution is 2.44. The molecule has 0 aromatic heterocycles. The molecule has 0 saturated heterocycles. The van der Waals surface area contributed by atoms with Gasteiger partial charge in [-0.05, 0) is 40.5 Å². The van der Waals surface area contributed by atoms with Crippen LogP contribution in [-0.4, -0.2) is 25.8 Å². The molecule has 6 heteroatoms. The zero-order valence-electron chi connectivity index (χ0n) is 16.2. The van der Waals surface area contributed by atoms with Crippen molar-refractivity contribution in [1.29, 1.82) is 5.26 Å². The Bertz CT molecular complexity index is 1130. The Balaban J connectivity index is 1.49. The van der Waals surface area contributed by atoms with Crippen molar-refractivity contribution in [3.8, 4) is 17.2 Å². The van der Waals surface area contributed by atoms with E-state index in [1.165, 1.54) is 25.3 Å². The average Bonchev–Trinajstić information content (AvgIpc) is 3.11. The zero-order chi connectivity index (χ0) is 21.1. The van der Waals surface area contributed by atoms with Crippen molar-refractivity contribution < 1.29 is 19.1 Å². The number of hydrogen-bond donors (Lipinski definition) is 1. The third-order valence-corrected chi connectivity index (χ3v) is 5.14. The van der Waals surface area contributed by atoms with E-state index in [2.05, 4.69) is 22.2 Å². The lowest BCUT2D eigenvalue weighted by Crippen LogP contribution is -2.18. The van der Waals surface area contributed by atoms with Crippen molar-refractivity contribution in [3.63, 3.8) is 0 Å². The molecule has 1 aliphatic carbocycles. The van der Waals surface area contributed by atoms with E-state index in [0.29, 0.717) is 0 Å². The van der Waals surface area contributed by atoms with E-state index in [1.807, 2.05) is 42.5 Å². The van der Waals surface area contributed by atoms with Gasteiger partial charge in [0.05, 0.1) is 23.9 Å². The minimum atomic E-state index is -0.667. The molecule has 0 heterocycles. The highest BCUT2D eigenvalue weighted by Gasteiger charge is 2.29. The second-order valence-electron chi connectivity index (χ2n) is 6.81. The summed E-state index contributed by atoms with van der Waals surface area (Å²) in [6.45, 7) is 0.169. The number of ether oxygens (including phenoxy) is 2. The van der Waals surface area contributed by atoms with Gasteiger partial charge in [-0.1, -0.05) is 48.5 Å². The van der Waals surface area contributed by atoms with Crippen LogP contribution in [0.2, 0.25) is 0 Å². The first-order valence-corrected chi connectivity index (χ1v) is 9.37. The van der Waals surface area contributed by atoms with E-state index < -0.39 is 12.1 Å². The fourth-order valence-electron chi connectivity index (χ4n) is 3.74. The minimum absolute atomic E-state index is 0.0553. The molecule has 3 aromatic carbocycles. The molecule has 0 radical (unpaired) electrons. The number of esters is 1. The molecule has 0 saturated carbocycles. The maximum atomic E-state index is 12.4. The normalized spacial score (nSPS) is 11.7. The summed E-state index contributed by atoms with van der Waals surface area (Å²) in [5, 5.41) is 11.9. The van der Waals surface area contributed by atoms with Crippen LogP contribution in [0.1, 0.15) is 33.0 Å². The predicted molar refractivity (Wildman–Crippen MR) is 111 cm³/mol. The van der Waals surface area contributed by atoms with Crippen LogP contribution < -0.4 is 5.32 Å². The molecule has 148 valence electrons. The molecule has 0 aliphatic heterocycles. The van der Waals surface area contributed by atoms with Crippen molar-refractivity contribution in [1.82, 2.24) is 0 Å². The first kappa shape index (κ1) is 19.2. The fourth-order valence-corrected chi connectivity index (χ4v) is 3.74. The molecule has 1 aliphatic rings. The standard InChI is InChI=1S/C24H18N2O4/c1-29-23(27)15-10-11-22(16(12-15)13-25)26-24(28)30-14-21-19-8-4-2-6-17(19)18-7-3-5-9-20(18)21/h2-12,21H,14H2,1H3,(H,26,28). The van der Waals surface area contributed by atoms with Crippen LogP contribution >= 0.6 is 0 Å². The van der Waals surface area contributed by atoms with Gasteiger partial charge in [0.1, 0.15) is 12.7 Å². The van der Waals surface area contributed by atoms with Gasteiger partial charge in [-0.25, -0.2) is 9.59 Å². The first-order valence-electron chi connectivity index (χ1n) is 9.37. The van der Waals surface area contributed by atoms with E-state index in [0.717, 1.165) is 22.3 Å². The lowest BCUT2D eigenvalue weighted by molar-refractivity contribution is 0.0600. The van der Waals surface area contributed by atoms with Crippen molar-refractivity contribution in [3.05, 3.63) is 89.0 Å². The van der Waals surface area contributed by atoms with Crippen molar-refractivity contribution >= 4 is 17.7 Å². The van der Waals surface area contributed by atoms with Gasteiger partial charge < -0.3 is 9.47 Å². The van der Waals surface area contributed by atoms with Crippen LogP contribution in [0.3, 0.4) is 0 Å². The minimum Gasteiger partial charge on any atom is -0.465 e. The summed E-state index contributed by atoms with van der Waals surface area (Å²) in [5.74, 6) is -0.612. The molecule has 6 nitrogen and oxygen atoms in total. The monoisotopic (exact) mass is 398 g/mol. The van der Waals surface area contributed by atoms with Gasteiger partial charge in [0.25, 0.3) is 0 Å². The highest BCUT2D eigenvalue weighted by molar-refractivity contribution is 5.92. The Morgan fingerprint density at radius 3 is 2.23 bits per heavy atom. The average molecular weight is 398 g/mol. The smallest absolute Gasteiger partial charge is 0.411 e. The van der Waals surface area contributed by atoms with Crippen molar-refractivity contribution in [2.24, 2.45) is 0 Å². The molecule has 0 fully saturated rings. The summed E-state index contributed by atoms with van der Waals surface area (Å²) in [4.78, 5) is 24.0. The number of nitrogens with zero attached hydrogens (tertiary/aromatic N) is 1. The third kappa shape index (κ3) is 3.49. The van der Waals surface area contributed by atoms with Crippen molar-refractivity contribution in [2.75, 3.05) is 19.0 Å². The lowest BCUT2D eigenvalue weighted by Gasteiger charge is -2.15. The zero-order valence-corrected chi connectivity index (χ0v) is 16.2. The molecule has 1 amide bonds. The summed E-state index contributed by atoms with van der Waals surface area (Å²) >= 11 is 0. The largest absolute Gasteiger partial charge is 0.465 e. The number of carbonyl (C=O) groups excluding carboxylic acids is 2. The van der Waals surface area contributed by atoms with Crippen molar-refractivity contribution in [2.45, 2.75) is 5.92 Å². The van der Waals surface area contributed by atoms with Crippen LogP contribution in [0.25, 0.3) is 11.1 Å². The van der Waals surface area contributed by atoms with Gasteiger partial charge in [0, 0.05) is 5.92 Å². The van der Waals surface area contributed by atoms with E-state index in [1.54, 1.807) is 0 Å². The molecule has 4 rings (SSSR count). The van der Waals surface area contributed by atoms with Crippen LogP contribution in [-0.2, 0) is 9.47 Å². The molecular weight excluding hydrogens is 380 g/mol. The summed E-state index contributed by atoms with van der Waals surface area (Å²) < 4.78 is 10.1. The van der Waals surface area contributed by atoms with Gasteiger partial charge >= 0.3 is 12.1 Å². The molecule has 3 aromatic rings. The predicted octanol–water partition coefficient (Wildman–Crippen LogP) is 4.71. The number of nitrogens with one attached hydrogen (secondary N) is 1. The number of anilines is 1. The maximum absolute atomic E-state index is 12.4. The van der Waals surface area contributed by atoms with Gasteiger partial charge in [-0.3, -0.25) is 5.32 Å². The number of amides is 1. The molecule has 1 N–H and O–H groups in total. The second kappa shape index (κ2) is 8.10. The number of rotatable bonds is 4. The first-order chi connectivity index (χ1) is 14.6. The molecule has 0 unspecified atom stereocenters. The third-order valence-electron chi connectivity index (χ3n) is 5.14. The van der Waals surface area contributed by atoms with E-state index in [4.69, 9.17) is 4.74 Å². The number of carbonyl (C=O) groups is 2. The fraction of sp³-hybridized carbons (Fsp3) is 0.125. The Morgan fingerprint density at radius 1 is 1.00 bits per heavy atom. The van der Waals surface area contributed by atoms with Gasteiger partial charge in [0.15, 0.2) is 0 Å². The number of nitriles is 1. The Labute approximate surface area is 173 Å². The van der Waals surface area contributed by atoms with Gasteiger partial charge in [0.2, 0.25) is 0 Å². The number of benzene rings is 3. The maximum Gasteiger partial charge on any atom is 0.411 e. The highest BCUT2D eigenvalue weighted by atomic mass is 16.5. The van der Waals surface area contributed by atoms with Crippen LogP contribution in [0.4, 0.5) is 10.5 Å². The number of hydrogen-bond acceptors (Lipinski definition) is 5. The van der Waals surface area contributed by atoms with E-state index in [9.17, 15) is 14.9 Å². The van der Waals surface area contributed by atoms with Gasteiger partial charge in [-0.15, -0.1) is 0 Å². The molecule has 0 spiro atoms. The quantitative estimate of drug-likeness (QED) is 0.643. The number of fused-ring (bicyclic) bond motifs is 3. The molecule has 0 bridgehead atoms. The van der Waals surface area contributed by atoms with E-state index >= 15 is 0 Å². The Morgan fingerprint density at radius 2 is 1.63 bits per heavy atom. The summed E-state index contributed by atoms with van der Waals surface area (Å²) in [6.07, 6.45) is -0.667. The second-order valence-corrected chi connectivity index (χ2v) is 6.81. The SMILES string of the molecule is COC(=O)c1ccc(NC(=O)OCC2c3ccccc3-c3ccccc32)c(C#N)c1. The van der Waals surface area contributed by atoms with Crippen LogP contribution in [0.5, 0.6) is 0 Å². The summed E-state index contributed by atoms with van der Waals surface area (Å²) in [5.41, 5.74) is 5.17. The summed E-state index contributed by atoms with van der Waals surface area (Å²) in [6, 6.07) is 22.4. The molecule has 30 heavy (non-hydrogen) atoms. The van der Waals surface area contributed by atoms with Crippen LogP contribution in [0, 0.1) is 11.3 Å². The summed E-state index contributed by atoms with van der Waals surface area (Å²) in [7, 11) is 1.26.